The van der Waals surface area contributed by atoms with E-state index in [-0.39, 0.29) is 12.0 Å². The zero-order chi connectivity index (χ0) is 17.6. The SMILES string of the molecule is COCc1ccc(C(=O)N2CCC(Oc3ccc(Cl)cc3)CC2)nc1. The molecule has 0 unspecified atom stereocenters. The number of nitrogens with zero attached hydrogens (tertiary/aromatic N) is 2. The number of hydrogen-bond donors (Lipinski definition) is 0. The van der Waals surface area contributed by atoms with E-state index in [1.54, 1.807) is 19.4 Å². The molecule has 1 aromatic carbocycles. The van der Waals surface area contributed by atoms with Gasteiger partial charge in [-0.05, 0) is 35.9 Å². The molecule has 0 radical (unpaired) electrons. The lowest BCUT2D eigenvalue weighted by atomic mass is 10.1. The molecule has 25 heavy (non-hydrogen) atoms. The van der Waals surface area contributed by atoms with Gasteiger partial charge in [0.05, 0.1) is 6.61 Å². The lowest BCUT2D eigenvalue weighted by molar-refractivity contribution is 0.0590. The molecule has 0 bridgehead atoms. The van der Waals surface area contributed by atoms with Crippen LogP contribution in [0.3, 0.4) is 0 Å². The molecule has 1 aliphatic heterocycles. The summed E-state index contributed by atoms with van der Waals surface area (Å²) in [7, 11) is 1.63. The molecule has 0 atom stereocenters. The number of rotatable bonds is 5. The van der Waals surface area contributed by atoms with Crippen LogP contribution in [0.5, 0.6) is 5.75 Å². The Morgan fingerprint density at radius 2 is 1.92 bits per heavy atom. The van der Waals surface area contributed by atoms with E-state index in [0.29, 0.717) is 30.4 Å². The van der Waals surface area contributed by atoms with Gasteiger partial charge in [-0.3, -0.25) is 9.78 Å². The van der Waals surface area contributed by atoms with Crippen LogP contribution in [0.2, 0.25) is 5.02 Å². The predicted octanol–water partition coefficient (Wildman–Crippen LogP) is 3.57. The second-order valence-corrected chi connectivity index (χ2v) is 6.48. The summed E-state index contributed by atoms with van der Waals surface area (Å²) in [5.74, 6) is 0.776. The van der Waals surface area contributed by atoms with E-state index in [9.17, 15) is 4.79 Å². The highest BCUT2D eigenvalue weighted by atomic mass is 35.5. The quantitative estimate of drug-likeness (QED) is 0.818. The minimum Gasteiger partial charge on any atom is -0.490 e. The Kier molecular flexibility index (Phi) is 5.89. The van der Waals surface area contributed by atoms with Gasteiger partial charge >= 0.3 is 0 Å². The molecule has 0 spiro atoms. The smallest absolute Gasteiger partial charge is 0.272 e. The van der Waals surface area contributed by atoms with Crippen molar-refractivity contribution >= 4 is 17.5 Å². The molecule has 1 aromatic heterocycles. The van der Waals surface area contributed by atoms with Gasteiger partial charge in [-0.15, -0.1) is 0 Å². The molecule has 1 aliphatic rings. The van der Waals surface area contributed by atoms with E-state index in [4.69, 9.17) is 21.1 Å². The molecular weight excluding hydrogens is 340 g/mol. The Morgan fingerprint density at radius 3 is 2.52 bits per heavy atom. The van der Waals surface area contributed by atoms with Gasteiger partial charge < -0.3 is 14.4 Å². The van der Waals surface area contributed by atoms with Crippen LogP contribution in [0.1, 0.15) is 28.9 Å². The van der Waals surface area contributed by atoms with Crippen LogP contribution in [-0.4, -0.2) is 42.1 Å². The van der Waals surface area contributed by atoms with Gasteiger partial charge in [0.1, 0.15) is 17.5 Å². The third kappa shape index (κ3) is 4.71. The normalized spacial score (nSPS) is 15.2. The summed E-state index contributed by atoms with van der Waals surface area (Å²) in [5.41, 5.74) is 1.42. The summed E-state index contributed by atoms with van der Waals surface area (Å²) < 4.78 is 11.0. The van der Waals surface area contributed by atoms with E-state index in [1.807, 2.05) is 35.2 Å². The van der Waals surface area contributed by atoms with E-state index < -0.39 is 0 Å². The molecular formula is C19H21ClN2O3. The van der Waals surface area contributed by atoms with Crippen LogP contribution in [0.25, 0.3) is 0 Å². The molecule has 0 N–H and O–H groups in total. The molecule has 0 aliphatic carbocycles. The first-order chi connectivity index (χ1) is 12.2. The zero-order valence-corrected chi connectivity index (χ0v) is 14.9. The number of ether oxygens (including phenoxy) is 2. The monoisotopic (exact) mass is 360 g/mol. The van der Waals surface area contributed by atoms with Crippen molar-refractivity contribution in [1.82, 2.24) is 9.88 Å². The number of hydrogen-bond acceptors (Lipinski definition) is 4. The minimum atomic E-state index is -0.0334. The lowest BCUT2D eigenvalue weighted by Crippen LogP contribution is -2.42. The Morgan fingerprint density at radius 1 is 1.20 bits per heavy atom. The maximum absolute atomic E-state index is 12.5. The first-order valence-electron chi connectivity index (χ1n) is 8.31. The van der Waals surface area contributed by atoms with Crippen LogP contribution < -0.4 is 4.74 Å². The number of likely N-dealkylation sites (tertiary alicyclic amines) is 1. The molecule has 3 rings (SSSR count). The Balaban J connectivity index is 1.52. The summed E-state index contributed by atoms with van der Waals surface area (Å²) in [5, 5.41) is 0.691. The van der Waals surface area contributed by atoms with Gasteiger partial charge in [0.25, 0.3) is 5.91 Å². The highest BCUT2D eigenvalue weighted by molar-refractivity contribution is 6.30. The van der Waals surface area contributed by atoms with Crippen LogP contribution >= 0.6 is 11.6 Å². The van der Waals surface area contributed by atoms with Gasteiger partial charge in [-0.1, -0.05) is 17.7 Å². The molecule has 5 nitrogen and oxygen atoms in total. The first kappa shape index (κ1) is 17.7. The highest BCUT2D eigenvalue weighted by Crippen LogP contribution is 2.21. The van der Waals surface area contributed by atoms with Gasteiger partial charge in [0.15, 0.2) is 0 Å². The van der Waals surface area contributed by atoms with Gasteiger partial charge in [0, 0.05) is 44.3 Å². The van der Waals surface area contributed by atoms with Crippen LogP contribution in [0.4, 0.5) is 0 Å². The van der Waals surface area contributed by atoms with Crippen molar-refractivity contribution in [1.29, 1.82) is 0 Å². The number of carbonyl (C=O) groups is 1. The number of piperidine rings is 1. The summed E-state index contributed by atoms with van der Waals surface area (Å²) in [6.07, 6.45) is 3.40. The summed E-state index contributed by atoms with van der Waals surface area (Å²) in [6, 6.07) is 11.0. The molecule has 1 saturated heterocycles. The Labute approximate surface area is 152 Å². The predicted molar refractivity (Wildman–Crippen MR) is 96.0 cm³/mol. The molecule has 0 saturated carbocycles. The lowest BCUT2D eigenvalue weighted by Gasteiger charge is -2.32. The number of methoxy groups -OCH3 is 1. The Hall–Kier alpha value is -2.11. The fourth-order valence-electron chi connectivity index (χ4n) is 2.85. The van der Waals surface area contributed by atoms with Crippen molar-refractivity contribution in [3.05, 3.63) is 58.9 Å². The van der Waals surface area contributed by atoms with Crippen molar-refractivity contribution in [2.75, 3.05) is 20.2 Å². The van der Waals surface area contributed by atoms with Crippen molar-refractivity contribution in [3.8, 4) is 5.75 Å². The average Bonchev–Trinajstić information content (AvgIpc) is 2.65. The van der Waals surface area contributed by atoms with Gasteiger partial charge in [-0.2, -0.15) is 0 Å². The van der Waals surface area contributed by atoms with Crippen LogP contribution in [0, 0.1) is 0 Å². The van der Waals surface area contributed by atoms with Crippen molar-refractivity contribution < 1.29 is 14.3 Å². The standard InChI is InChI=1S/C19H21ClN2O3/c1-24-13-14-2-7-18(21-12-14)19(23)22-10-8-17(9-11-22)25-16-5-3-15(20)4-6-16/h2-7,12,17H,8-11,13H2,1H3. The zero-order valence-electron chi connectivity index (χ0n) is 14.2. The third-order valence-electron chi connectivity index (χ3n) is 4.20. The third-order valence-corrected chi connectivity index (χ3v) is 4.45. The highest BCUT2D eigenvalue weighted by Gasteiger charge is 2.25. The van der Waals surface area contributed by atoms with Crippen LogP contribution in [-0.2, 0) is 11.3 Å². The molecule has 2 heterocycles. The summed E-state index contributed by atoms with van der Waals surface area (Å²) in [4.78, 5) is 18.6. The fraction of sp³-hybridized carbons (Fsp3) is 0.368. The molecule has 1 amide bonds. The molecule has 1 fully saturated rings. The number of pyridine rings is 1. The number of benzene rings is 1. The first-order valence-corrected chi connectivity index (χ1v) is 8.69. The molecule has 6 heteroatoms. The maximum atomic E-state index is 12.5. The van der Waals surface area contributed by atoms with Gasteiger partial charge in [-0.25, -0.2) is 0 Å². The van der Waals surface area contributed by atoms with E-state index in [2.05, 4.69) is 4.98 Å². The largest absolute Gasteiger partial charge is 0.490 e. The number of carbonyl (C=O) groups excluding carboxylic acids is 1. The second-order valence-electron chi connectivity index (χ2n) is 6.05. The topological polar surface area (TPSA) is 51.7 Å². The van der Waals surface area contributed by atoms with E-state index in [1.165, 1.54) is 0 Å². The second kappa shape index (κ2) is 8.32. The molecule has 2 aromatic rings. The number of aromatic nitrogens is 1. The fourth-order valence-corrected chi connectivity index (χ4v) is 2.97. The number of amides is 1. The summed E-state index contributed by atoms with van der Waals surface area (Å²) in [6.45, 7) is 1.83. The number of halogens is 1. The van der Waals surface area contributed by atoms with Crippen molar-refractivity contribution in [2.45, 2.75) is 25.6 Å². The van der Waals surface area contributed by atoms with Crippen molar-refractivity contribution in [2.24, 2.45) is 0 Å². The van der Waals surface area contributed by atoms with E-state index in [0.717, 1.165) is 24.2 Å². The van der Waals surface area contributed by atoms with Crippen LogP contribution in [0.15, 0.2) is 42.6 Å². The average molecular weight is 361 g/mol. The van der Waals surface area contributed by atoms with Crippen molar-refractivity contribution in [3.63, 3.8) is 0 Å². The molecule has 132 valence electrons. The minimum absolute atomic E-state index is 0.0334. The maximum Gasteiger partial charge on any atom is 0.272 e. The van der Waals surface area contributed by atoms with Gasteiger partial charge in [0.2, 0.25) is 0 Å². The Bertz CT molecular complexity index is 696. The summed E-state index contributed by atoms with van der Waals surface area (Å²) >= 11 is 5.88. The van der Waals surface area contributed by atoms with E-state index >= 15 is 0 Å².